The molecule has 0 aromatic heterocycles. The molecule has 0 unspecified atom stereocenters. The first-order valence-corrected chi connectivity index (χ1v) is 6.37. The van der Waals surface area contributed by atoms with Gasteiger partial charge in [-0.25, -0.2) is 4.39 Å². The van der Waals surface area contributed by atoms with Crippen molar-refractivity contribution in [2.75, 3.05) is 19.5 Å². The number of hydrogen-bond acceptors (Lipinski definition) is 3. The molecule has 110 valence electrons. The van der Waals surface area contributed by atoms with Gasteiger partial charge in [0.1, 0.15) is 11.6 Å². The van der Waals surface area contributed by atoms with Gasteiger partial charge in [0.15, 0.2) is 0 Å². The van der Waals surface area contributed by atoms with E-state index in [0.717, 1.165) is 5.56 Å². The highest BCUT2D eigenvalue weighted by Crippen LogP contribution is 2.21. The summed E-state index contributed by atoms with van der Waals surface area (Å²) in [5.41, 5.74) is 1.80. The maximum Gasteiger partial charge on any atom is 0.255 e. The number of methoxy groups -OCH3 is 2. The molecule has 0 saturated carbocycles. The molecule has 1 amide bonds. The van der Waals surface area contributed by atoms with Crippen LogP contribution in [0.15, 0.2) is 42.5 Å². The Kier molecular flexibility index (Phi) is 4.90. The maximum atomic E-state index is 12.8. The molecule has 1 N–H and O–H groups in total. The third kappa shape index (κ3) is 3.79. The van der Waals surface area contributed by atoms with Crippen molar-refractivity contribution in [3.8, 4) is 5.75 Å². The minimum Gasteiger partial charge on any atom is -0.496 e. The van der Waals surface area contributed by atoms with Gasteiger partial charge in [-0.05, 0) is 42.5 Å². The van der Waals surface area contributed by atoms with Gasteiger partial charge >= 0.3 is 0 Å². The first kappa shape index (κ1) is 15.0. The van der Waals surface area contributed by atoms with Crippen molar-refractivity contribution in [3.63, 3.8) is 0 Å². The van der Waals surface area contributed by atoms with Gasteiger partial charge in [0.25, 0.3) is 5.91 Å². The van der Waals surface area contributed by atoms with Crippen LogP contribution in [-0.4, -0.2) is 20.1 Å². The molecule has 0 aliphatic carbocycles. The van der Waals surface area contributed by atoms with Gasteiger partial charge in [0.05, 0.1) is 13.7 Å². The number of carbonyl (C=O) groups is 1. The molecule has 2 aromatic carbocycles. The van der Waals surface area contributed by atoms with Crippen LogP contribution in [0.5, 0.6) is 5.75 Å². The van der Waals surface area contributed by atoms with E-state index in [9.17, 15) is 9.18 Å². The number of carbonyl (C=O) groups excluding carboxylic acids is 1. The molecule has 2 aromatic rings. The lowest BCUT2D eigenvalue weighted by Gasteiger charge is -2.10. The molecule has 4 nitrogen and oxygen atoms in total. The van der Waals surface area contributed by atoms with Crippen molar-refractivity contribution in [1.82, 2.24) is 0 Å². The van der Waals surface area contributed by atoms with Crippen LogP contribution >= 0.6 is 0 Å². The zero-order chi connectivity index (χ0) is 15.2. The molecule has 0 spiro atoms. The summed E-state index contributed by atoms with van der Waals surface area (Å²) in [7, 11) is 3.14. The molecule has 0 radical (unpaired) electrons. The quantitative estimate of drug-likeness (QED) is 0.919. The van der Waals surface area contributed by atoms with Gasteiger partial charge < -0.3 is 14.8 Å². The number of rotatable bonds is 5. The second-order valence-electron chi connectivity index (χ2n) is 4.42. The van der Waals surface area contributed by atoms with Crippen molar-refractivity contribution in [1.29, 1.82) is 0 Å². The van der Waals surface area contributed by atoms with E-state index >= 15 is 0 Å². The Morgan fingerprint density at radius 1 is 1.14 bits per heavy atom. The Morgan fingerprint density at radius 2 is 1.86 bits per heavy atom. The summed E-state index contributed by atoms with van der Waals surface area (Å²) in [6.45, 7) is 0.348. The average Bonchev–Trinajstić information content (AvgIpc) is 2.50. The van der Waals surface area contributed by atoms with Gasteiger partial charge in [0.2, 0.25) is 0 Å². The molecule has 0 atom stereocenters. The summed E-state index contributed by atoms with van der Waals surface area (Å²) < 4.78 is 23.1. The van der Waals surface area contributed by atoms with E-state index in [-0.39, 0.29) is 11.7 Å². The van der Waals surface area contributed by atoms with Gasteiger partial charge in [0, 0.05) is 23.9 Å². The molecular formula is C16H16FNO3. The Balaban J connectivity index is 2.18. The molecule has 0 bridgehead atoms. The molecule has 0 heterocycles. The van der Waals surface area contributed by atoms with Crippen molar-refractivity contribution in [2.24, 2.45) is 0 Å². The predicted octanol–water partition coefficient (Wildman–Crippen LogP) is 3.23. The van der Waals surface area contributed by atoms with Gasteiger partial charge in [-0.2, -0.15) is 0 Å². The number of amides is 1. The number of benzene rings is 2. The number of halogens is 1. The zero-order valence-electron chi connectivity index (χ0n) is 11.9. The summed E-state index contributed by atoms with van der Waals surface area (Å²) >= 11 is 0. The number of nitrogens with one attached hydrogen (secondary N) is 1. The third-order valence-electron chi connectivity index (χ3n) is 2.94. The highest BCUT2D eigenvalue weighted by molar-refractivity contribution is 6.04. The first-order chi connectivity index (χ1) is 10.1. The fraction of sp³-hybridized carbons (Fsp3) is 0.188. The van der Waals surface area contributed by atoms with Crippen molar-refractivity contribution in [3.05, 3.63) is 59.4 Å². The number of hydrogen-bond donors (Lipinski definition) is 1. The van der Waals surface area contributed by atoms with E-state index in [0.29, 0.717) is 23.6 Å². The van der Waals surface area contributed by atoms with Crippen LogP contribution in [-0.2, 0) is 11.3 Å². The first-order valence-electron chi connectivity index (χ1n) is 6.37. The Bertz CT molecular complexity index is 626. The Morgan fingerprint density at radius 3 is 2.48 bits per heavy atom. The zero-order valence-corrected chi connectivity index (χ0v) is 11.9. The minimum absolute atomic E-state index is 0.276. The lowest BCUT2D eigenvalue weighted by molar-refractivity contribution is 0.102. The van der Waals surface area contributed by atoms with E-state index in [1.165, 1.54) is 24.3 Å². The number of anilines is 1. The second-order valence-corrected chi connectivity index (χ2v) is 4.42. The summed E-state index contributed by atoms with van der Waals surface area (Å²) in [4.78, 5) is 12.2. The maximum absolute atomic E-state index is 12.8. The smallest absolute Gasteiger partial charge is 0.255 e. The van der Waals surface area contributed by atoms with Crippen LogP contribution in [0, 0.1) is 5.82 Å². The third-order valence-corrected chi connectivity index (χ3v) is 2.94. The fourth-order valence-electron chi connectivity index (χ4n) is 1.92. The number of ether oxygens (including phenoxy) is 2. The largest absolute Gasteiger partial charge is 0.496 e. The lowest BCUT2D eigenvalue weighted by atomic mass is 10.1. The topological polar surface area (TPSA) is 47.6 Å². The molecule has 0 fully saturated rings. The summed E-state index contributed by atoms with van der Waals surface area (Å²) in [6, 6.07) is 10.7. The fourth-order valence-corrected chi connectivity index (χ4v) is 1.92. The Labute approximate surface area is 122 Å². The van der Waals surface area contributed by atoms with Gasteiger partial charge in [-0.15, -0.1) is 0 Å². The molecule has 21 heavy (non-hydrogen) atoms. The van der Waals surface area contributed by atoms with Crippen molar-refractivity contribution >= 4 is 11.6 Å². The van der Waals surface area contributed by atoms with Gasteiger partial charge in [-0.1, -0.05) is 0 Å². The van der Waals surface area contributed by atoms with Crippen LogP contribution in [0.3, 0.4) is 0 Å². The predicted molar refractivity (Wildman–Crippen MR) is 78.1 cm³/mol. The van der Waals surface area contributed by atoms with E-state index in [1.807, 2.05) is 0 Å². The SMILES string of the molecule is COCc1cc(C(=O)Nc2ccc(F)cc2)ccc1OC. The van der Waals surface area contributed by atoms with Crippen LogP contribution in [0.25, 0.3) is 0 Å². The second kappa shape index (κ2) is 6.85. The molecule has 0 aliphatic rings. The lowest BCUT2D eigenvalue weighted by Crippen LogP contribution is -2.12. The monoisotopic (exact) mass is 289 g/mol. The van der Waals surface area contributed by atoms with Crippen LogP contribution in [0.1, 0.15) is 15.9 Å². The molecule has 2 rings (SSSR count). The highest BCUT2D eigenvalue weighted by Gasteiger charge is 2.10. The summed E-state index contributed by atoms with van der Waals surface area (Å²) in [5, 5.41) is 2.70. The molecule has 5 heteroatoms. The average molecular weight is 289 g/mol. The Hall–Kier alpha value is -2.40. The van der Waals surface area contributed by atoms with E-state index < -0.39 is 0 Å². The van der Waals surface area contributed by atoms with E-state index in [2.05, 4.69) is 5.32 Å². The van der Waals surface area contributed by atoms with E-state index in [1.54, 1.807) is 32.4 Å². The minimum atomic E-state index is -0.347. The van der Waals surface area contributed by atoms with Gasteiger partial charge in [-0.3, -0.25) is 4.79 Å². The summed E-state index contributed by atoms with van der Waals surface area (Å²) in [5.74, 6) is 0.0385. The van der Waals surface area contributed by atoms with Crippen molar-refractivity contribution < 1.29 is 18.7 Å². The van der Waals surface area contributed by atoms with E-state index in [4.69, 9.17) is 9.47 Å². The molecule has 0 saturated heterocycles. The molecular weight excluding hydrogens is 273 g/mol. The normalized spacial score (nSPS) is 10.2. The summed E-state index contributed by atoms with van der Waals surface area (Å²) in [6.07, 6.45) is 0. The van der Waals surface area contributed by atoms with Crippen molar-refractivity contribution in [2.45, 2.75) is 6.61 Å². The van der Waals surface area contributed by atoms with Crippen LogP contribution in [0.4, 0.5) is 10.1 Å². The highest BCUT2D eigenvalue weighted by atomic mass is 19.1. The van der Waals surface area contributed by atoms with Crippen LogP contribution in [0.2, 0.25) is 0 Å². The van der Waals surface area contributed by atoms with Crippen LogP contribution < -0.4 is 10.1 Å². The molecule has 0 aliphatic heterocycles. The standard InChI is InChI=1S/C16H16FNO3/c1-20-10-12-9-11(3-8-15(12)21-2)16(19)18-14-6-4-13(17)5-7-14/h3-9H,10H2,1-2H3,(H,18,19).